The summed E-state index contributed by atoms with van der Waals surface area (Å²) in [5.41, 5.74) is 6.78. The van der Waals surface area contributed by atoms with Gasteiger partial charge in [0.2, 0.25) is 10.0 Å². The van der Waals surface area contributed by atoms with E-state index in [0.29, 0.717) is 30.8 Å². The van der Waals surface area contributed by atoms with E-state index < -0.39 is 10.0 Å². The number of hydrogen-bond acceptors (Lipinski definition) is 4. The maximum atomic E-state index is 12.7. The molecule has 0 atom stereocenters. The largest absolute Gasteiger partial charge is 0.389 e. The second kappa shape index (κ2) is 7.12. The minimum Gasteiger partial charge on any atom is -0.389 e. The number of sulfonamides is 1. The summed E-state index contributed by atoms with van der Waals surface area (Å²) in [5, 5.41) is 0. The van der Waals surface area contributed by atoms with Crippen LogP contribution in [0, 0.1) is 6.92 Å². The van der Waals surface area contributed by atoms with Crippen LogP contribution >= 0.6 is 12.2 Å². The second-order valence-corrected chi connectivity index (χ2v) is 6.68. The normalized spacial score (nSPS) is 11.8. The number of methoxy groups -OCH3 is 1. The van der Waals surface area contributed by atoms with Crippen molar-refractivity contribution in [1.82, 2.24) is 4.31 Å². The SMILES string of the molecule is CCN(CCOC)S(=O)(=O)c1cc(C(N)=S)ccc1C. The molecule has 0 heterocycles. The highest BCUT2D eigenvalue weighted by Gasteiger charge is 2.25. The molecule has 1 aromatic carbocycles. The van der Waals surface area contributed by atoms with Gasteiger partial charge in [-0.05, 0) is 18.6 Å². The molecule has 5 nitrogen and oxygen atoms in total. The van der Waals surface area contributed by atoms with Gasteiger partial charge in [-0.1, -0.05) is 31.3 Å². The lowest BCUT2D eigenvalue weighted by Gasteiger charge is -2.21. The van der Waals surface area contributed by atoms with Crippen LogP contribution in [0.4, 0.5) is 0 Å². The molecule has 0 fully saturated rings. The zero-order chi connectivity index (χ0) is 15.3. The molecule has 1 aromatic rings. The lowest BCUT2D eigenvalue weighted by Crippen LogP contribution is -2.34. The van der Waals surface area contributed by atoms with Gasteiger partial charge in [-0.2, -0.15) is 4.31 Å². The van der Waals surface area contributed by atoms with Crippen molar-refractivity contribution in [2.24, 2.45) is 5.73 Å². The summed E-state index contributed by atoms with van der Waals surface area (Å²) in [5.74, 6) is 0. The Hall–Kier alpha value is -1.02. The van der Waals surface area contributed by atoms with Crippen LogP contribution in [-0.4, -0.2) is 44.5 Å². The van der Waals surface area contributed by atoms with Crippen molar-refractivity contribution in [3.63, 3.8) is 0 Å². The van der Waals surface area contributed by atoms with Crippen LogP contribution in [0.3, 0.4) is 0 Å². The molecular formula is C13H20N2O3S2. The smallest absolute Gasteiger partial charge is 0.243 e. The van der Waals surface area contributed by atoms with Crippen molar-refractivity contribution in [3.05, 3.63) is 29.3 Å². The van der Waals surface area contributed by atoms with Gasteiger partial charge in [0.1, 0.15) is 4.99 Å². The van der Waals surface area contributed by atoms with Gasteiger partial charge in [-0.3, -0.25) is 0 Å². The van der Waals surface area contributed by atoms with Crippen LogP contribution in [-0.2, 0) is 14.8 Å². The number of benzene rings is 1. The van der Waals surface area contributed by atoms with E-state index in [1.54, 1.807) is 33.1 Å². The third kappa shape index (κ3) is 3.76. The first-order valence-electron chi connectivity index (χ1n) is 6.24. The van der Waals surface area contributed by atoms with Crippen molar-refractivity contribution in [3.8, 4) is 0 Å². The Morgan fingerprint density at radius 3 is 2.60 bits per heavy atom. The molecule has 0 aliphatic carbocycles. The first kappa shape index (κ1) is 17.0. The second-order valence-electron chi connectivity index (χ2n) is 4.33. The number of nitrogens with two attached hydrogens (primary N) is 1. The van der Waals surface area contributed by atoms with E-state index in [-0.39, 0.29) is 9.88 Å². The Bertz CT molecular complexity index is 585. The fraction of sp³-hybridized carbons (Fsp3) is 0.462. The molecule has 112 valence electrons. The molecule has 0 saturated heterocycles. The van der Waals surface area contributed by atoms with Crippen molar-refractivity contribution >= 4 is 27.2 Å². The molecule has 0 aliphatic heterocycles. The molecule has 7 heteroatoms. The van der Waals surface area contributed by atoms with Crippen LogP contribution in [0.1, 0.15) is 18.1 Å². The standard InChI is InChI=1S/C13H20N2O3S2/c1-4-15(7-8-18-3)20(16,17)12-9-11(13(14)19)6-5-10(12)2/h5-6,9H,4,7-8H2,1-3H3,(H2,14,19). The third-order valence-electron chi connectivity index (χ3n) is 2.99. The van der Waals surface area contributed by atoms with Gasteiger partial charge < -0.3 is 10.5 Å². The minimum absolute atomic E-state index is 0.182. The highest BCUT2D eigenvalue weighted by atomic mass is 32.2. The number of ether oxygens (including phenoxy) is 1. The molecule has 0 radical (unpaired) electrons. The highest BCUT2D eigenvalue weighted by molar-refractivity contribution is 7.89. The van der Waals surface area contributed by atoms with Crippen LogP contribution in [0.15, 0.2) is 23.1 Å². The summed E-state index contributed by atoms with van der Waals surface area (Å²) < 4.78 is 31.6. The van der Waals surface area contributed by atoms with Gasteiger partial charge in [0.25, 0.3) is 0 Å². The van der Waals surface area contributed by atoms with E-state index in [4.69, 9.17) is 22.7 Å². The summed E-state index contributed by atoms with van der Waals surface area (Å²) in [6.07, 6.45) is 0. The Kier molecular flexibility index (Phi) is 6.07. The van der Waals surface area contributed by atoms with Crippen molar-refractivity contribution in [2.45, 2.75) is 18.7 Å². The summed E-state index contributed by atoms with van der Waals surface area (Å²) >= 11 is 4.90. The summed E-state index contributed by atoms with van der Waals surface area (Å²) in [6, 6.07) is 4.97. The summed E-state index contributed by atoms with van der Waals surface area (Å²) in [6.45, 7) is 4.58. The number of likely N-dealkylation sites (N-methyl/N-ethyl adjacent to an activating group) is 1. The average Bonchev–Trinajstić information content (AvgIpc) is 2.39. The third-order valence-corrected chi connectivity index (χ3v) is 5.34. The first-order chi connectivity index (χ1) is 9.34. The first-order valence-corrected chi connectivity index (χ1v) is 8.09. The van der Waals surface area contributed by atoms with Crippen LogP contribution < -0.4 is 5.73 Å². The molecule has 0 spiro atoms. The summed E-state index contributed by atoms with van der Waals surface area (Å²) in [4.78, 5) is 0.419. The number of rotatable bonds is 7. The topological polar surface area (TPSA) is 72.6 Å². The Morgan fingerprint density at radius 2 is 2.10 bits per heavy atom. The monoisotopic (exact) mass is 316 g/mol. The van der Waals surface area contributed by atoms with E-state index >= 15 is 0 Å². The fourth-order valence-electron chi connectivity index (χ4n) is 1.81. The predicted octanol–water partition coefficient (Wildman–Crippen LogP) is 1.29. The highest BCUT2D eigenvalue weighted by Crippen LogP contribution is 2.21. The Balaban J connectivity index is 3.26. The molecule has 2 N–H and O–H groups in total. The molecular weight excluding hydrogens is 296 g/mol. The quantitative estimate of drug-likeness (QED) is 0.767. The van der Waals surface area contributed by atoms with Gasteiger partial charge in [-0.25, -0.2) is 8.42 Å². The van der Waals surface area contributed by atoms with Crippen LogP contribution in [0.5, 0.6) is 0 Å². The van der Waals surface area contributed by atoms with Gasteiger partial charge >= 0.3 is 0 Å². The molecule has 20 heavy (non-hydrogen) atoms. The summed E-state index contributed by atoms with van der Waals surface area (Å²) in [7, 11) is -2.03. The van der Waals surface area contributed by atoms with Crippen LogP contribution in [0.2, 0.25) is 0 Å². The molecule has 0 saturated carbocycles. The van der Waals surface area contributed by atoms with E-state index in [0.717, 1.165) is 0 Å². The van der Waals surface area contributed by atoms with Gasteiger partial charge in [-0.15, -0.1) is 0 Å². The number of hydrogen-bond donors (Lipinski definition) is 1. The number of nitrogens with zero attached hydrogens (tertiary/aromatic N) is 1. The molecule has 1 rings (SSSR count). The molecule has 0 bridgehead atoms. The Labute approximate surface area is 125 Å². The minimum atomic E-state index is -3.57. The van der Waals surface area contributed by atoms with Gasteiger partial charge in [0, 0.05) is 25.8 Å². The van der Waals surface area contributed by atoms with E-state index in [1.807, 2.05) is 0 Å². The van der Waals surface area contributed by atoms with Crippen LogP contribution in [0.25, 0.3) is 0 Å². The maximum absolute atomic E-state index is 12.7. The number of aryl methyl sites for hydroxylation is 1. The molecule has 0 amide bonds. The average molecular weight is 316 g/mol. The fourth-order valence-corrected chi connectivity index (χ4v) is 3.62. The van der Waals surface area contributed by atoms with Crippen molar-refractivity contribution in [1.29, 1.82) is 0 Å². The number of thiocarbonyl (C=S) groups is 1. The van der Waals surface area contributed by atoms with E-state index in [2.05, 4.69) is 0 Å². The maximum Gasteiger partial charge on any atom is 0.243 e. The van der Waals surface area contributed by atoms with E-state index in [1.165, 1.54) is 10.4 Å². The zero-order valence-electron chi connectivity index (χ0n) is 11.9. The van der Waals surface area contributed by atoms with Gasteiger partial charge in [0.15, 0.2) is 0 Å². The molecule has 0 aromatic heterocycles. The zero-order valence-corrected chi connectivity index (χ0v) is 13.6. The lowest BCUT2D eigenvalue weighted by atomic mass is 10.1. The van der Waals surface area contributed by atoms with Crippen molar-refractivity contribution < 1.29 is 13.2 Å². The van der Waals surface area contributed by atoms with E-state index in [9.17, 15) is 8.42 Å². The molecule has 0 aliphatic rings. The predicted molar refractivity (Wildman–Crippen MR) is 83.4 cm³/mol. The lowest BCUT2D eigenvalue weighted by molar-refractivity contribution is 0.180. The van der Waals surface area contributed by atoms with Crippen molar-refractivity contribution in [2.75, 3.05) is 26.8 Å². The Morgan fingerprint density at radius 1 is 1.45 bits per heavy atom. The van der Waals surface area contributed by atoms with Gasteiger partial charge in [0.05, 0.1) is 11.5 Å². The molecule has 0 unspecified atom stereocenters.